The average Bonchev–Trinajstić information content (AvgIpc) is 3.34. The molecule has 4 heterocycles. The number of carbonyl (C=O) groups is 2. The molecule has 148 valence electrons. The zero-order valence-corrected chi connectivity index (χ0v) is 15.7. The fraction of sp³-hybridized carbons (Fsp3) is 0.286. The third kappa shape index (κ3) is 3.26. The van der Waals surface area contributed by atoms with Gasteiger partial charge in [-0.3, -0.25) is 9.59 Å². The van der Waals surface area contributed by atoms with Gasteiger partial charge in [-0.1, -0.05) is 6.07 Å². The van der Waals surface area contributed by atoms with Crippen molar-refractivity contribution in [2.24, 2.45) is 5.92 Å². The van der Waals surface area contributed by atoms with Crippen LogP contribution in [0, 0.1) is 5.92 Å². The fourth-order valence-electron chi connectivity index (χ4n) is 3.75. The summed E-state index contributed by atoms with van der Waals surface area (Å²) in [5.41, 5.74) is 2.28. The molecule has 0 saturated carbocycles. The number of aromatic nitrogens is 2. The molecule has 0 radical (unpaired) electrons. The first-order valence-electron chi connectivity index (χ1n) is 9.60. The Morgan fingerprint density at radius 1 is 1.17 bits per heavy atom. The molecule has 2 amide bonds. The van der Waals surface area contributed by atoms with Crippen molar-refractivity contribution in [1.82, 2.24) is 14.7 Å². The van der Waals surface area contributed by atoms with Gasteiger partial charge >= 0.3 is 0 Å². The number of amides is 2. The van der Waals surface area contributed by atoms with E-state index in [0.717, 1.165) is 17.0 Å². The highest BCUT2D eigenvalue weighted by Crippen LogP contribution is 2.36. The van der Waals surface area contributed by atoms with E-state index in [1.165, 1.54) is 0 Å². The lowest BCUT2D eigenvalue weighted by molar-refractivity contribution is -0.132. The Labute approximate surface area is 167 Å². The largest absolute Gasteiger partial charge is 0.486 e. The number of hydrogen-bond acceptors (Lipinski definition) is 5. The van der Waals surface area contributed by atoms with Gasteiger partial charge in [0.1, 0.15) is 24.8 Å². The number of anilines is 1. The summed E-state index contributed by atoms with van der Waals surface area (Å²) in [6.07, 6.45) is 4.25. The molecule has 1 fully saturated rings. The van der Waals surface area contributed by atoms with E-state index >= 15 is 0 Å². The van der Waals surface area contributed by atoms with Crippen molar-refractivity contribution in [2.45, 2.75) is 13.0 Å². The van der Waals surface area contributed by atoms with Gasteiger partial charge in [0, 0.05) is 30.7 Å². The maximum Gasteiger partial charge on any atom is 0.239 e. The number of carbonyl (C=O) groups excluding carboxylic acids is 2. The van der Waals surface area contributed by atoms with E-state index in [1.54, 1.807) is 17.0 Å². The SMILES string of the molecule is O=C(NCc1cn2ccccc2n1)C1CCN(c2ccc3c(c2)OCCO3)C1=O. The maximum absolute atomic E-state index is 12.8. The third-order valence-corrected chi connectivity index (χ3v) is 5.22. The molecule has 8 heteroatoms. The van der Waals surface area contributed by atoms with Crippen LogP contribution in [0.3, 0.4) is 0 Å². The molecule has 8 nitrogen and oxygen atoms in total. The number of nitrogens with zero attached hydrogens (tertiary/aromatic N) is 3. The number of benzene rings is 1. The molecule has 29 heavy (non-hydrogen) atoms. The number of pyridine rings is 1. The van der Waals surface area contributed by atoms with Crippen LogP contribution in [0.15, 0.2) is 48.8 Å². The molecule has 1 saturated heterocycles. The highest BCUT2D eigenvalue weighted by atomic mass is 16.6. The molecule has 3 aromatic rings. The second-order valence-corrected chi connectivity index (χ2v) is 7.08. The highest BCUT2D eigenvalue weighted by Gasteiger charge is 2.37. The van der Waals surface area contributed by atoms with E-state index < -0.39 is 5.92 Å². The molecule has 1 aromatic carbocycles. The quantitative estimate of drug-likeness (QED) is 0.684. The van der Waals surface area contributed by atoms with Crippen molar-refractivity contribution in [1.29, 1.82) is 0 Å². The fourth-order valence-corrected chi connectivity index (χ4v) is 3.75. The summed E-state index contributed by atoms with van der Waals surface area (Å²) < 4.78 is 13.0. The predicted molar refractivity (Wildman–Crippen MR) is 105 cm³/mol. The number of nitrogens with one attached hydrogen (secondary N) is 1. The second-order valence-electron chi connectivity index (χ2n) is 7.08. The number of ether oxygens (including phenoxy) is 2. The van der Waals surface area contributed by atoms with Gasteiger partial charge in [0.25, 0.3) is 0 Å². The van der Waals surface area contributed by atoms with Crippen LogP contribution in [-0.4, -0.2) is 41.0 Å². The van der Waals surface area contributed by atoms with E-state index in [0.29, 0.717) is 37.7 Å². The Morgan fingerprint density at radius 3 is 2.90 bits per heavy atom. The zero-order chi connectivity index (χ0) is 19.8. The van der Waals surface area contributed by atoms with Crippen molar-refractivity contribution in [3.8, 4) is 11.5 Å². The Hall–Kier alpha value is -3.55. The van der Waals surface area contributed by atoms with Gasteiger partial charge in [0.05, 0.1) is 12.2 Å². The first-order chi connectivity index (χ1) is 14.2. The predicted octanol–water partition coefficient (Wildman–Crippen LogP) is 1.77. The van der Waals surface area contributed by atoms with Crippen LogP contribution in [0.1, 0.15) is 12.1 Å². The van der Waals surface area contributed by atoms with E-state index in [2.05, 4.69) is 10.3 Å². The number of hydrogen-bond donors (Lipinski definition) is 1. The lowest BCUT2D eigenvalue weighted by Gasteiger charge is -2.22. The Balaban J connectivity index is 1.25. The van der Waals surface area contributed by atoms with Gasteiger partial charge in [-0.2, -0.15) is 0 Å². The number of fused-ring (bicyclic) bond motifs is 2. The van der Waals surface area contributed by atoms with Gasteiger partial charge < -0.3 is 24.1 Å². The van der Waals surface area contributed by atoms with Gasteiger partial charge in [0.15, 0.2) is 11.5 Å². The molecule has 5 rings (SSSR count). The van der Waals surface area contributed by atoms with Crippen molar-refractivity contribution >= 4 is 23.1 Å². The zero-order valence-electron chi connectivity index (χ0n) is 15.7. The normalized spacial score (nSPS) is 18.3. The molecule has 0 spiro atoms. The summed E-state index contributed by atoms with van der Waals surface area (Å²) in [6.45, 7) is 1.78. The summed E-state index contributed by atoms with van der Waals surface area (Å²) >= 11 is 0. The summed E-state index contributed by atoms with van der Waals surface area (Å²) in [4.78, 5) is 31.6. The molecule has 1 atom stereocenters. The Bertz CT molecular complexity index is 1060. The topological polar surface area (TPSA) is 85.2 Å². The molecule has 1 N–H and O–H groups in total. The van der Waals surface area contributed by atoms with Crippen LogP contribution in [0.5, 0.6) is 11.5 Å². The minimum Gasteiger partial charge on any atom is -0.486 e. The van der Waals surface area contributed by atoms with Crippen LogP contribution in [-0.2, 0) is 16.1 Å². The van der Waals surface area contributed by atoms with Crippen LogP contribution in [0.25, 0.3) is 5.65 Å². The molecular formula is C21H20N4O4. The van der Waals surface area contributed by atoms with Crippen LogP contribution in [0.4, 0.5) is 5.69 Å². The maximum atomic E-state index is 12.8. The Morgan fingerprint density at radius 2 is 2.03 bits per heavy atom. The number of rotatable bonds is 4. The smallest absolute Gasteiger partial charge is 0.239 e. The summed E-state index contributed by atoms with van der Waals surface area (Å²) in [5.74, 6) is 0.135. The van der Waals surface area contributed by atoms with Crippen LogP contribution in [0.2, 0.25) is 0 Å². The van der Waals surface area contributed by atoms with E-state index in [-0.39, 0.29) is 18.4 Å². The minimum atomic E-state index is -0.694. The lowest BCUT2D eigenvalue weighted by Crippen LogP contribution is -2.36. The molecule has 2 aliphatic heterocycles. The van der Waals surface area contributed by atoms with E-state index in [4.69, 9.17) is 9.47 Å². The van der Waals surface area contributed by atoms with E-state index in [1.807, 2.05) is 41.1 Å². The van der Waals surface area contributed by atoms with E-state index in [9.17, 15) is 9.59 Å². The van der Waals surface area contributed by atoms with Gasteiger partial charge in [-0.15, -0.1) is 0 Å². The third-order valence-electron chi connectivity index (χ3n) is 5.22. The summed E-state index contributed by atoms with van der Waals surface area (Å²) in [6, 6.07) is 11.1. The highest BCUT2D eigenvalue weighted by molar-refractivity contribution is 6.09. The van der Waals surface area contributed by atoms with Gasteiger partial charge in [0.2, 0.25) is 11.8 Å². The second kappa shape index (κ2) is 7.12. The standard InChI is InChI=1S/C21H20N4O4/c26-20(22-12-14-13-24-7-2-1-3-19(24)23-14)16-6-8-25(21(16)27)15-4-5-17-18(11-15)29-10-9-28-17/h1-5,7,11,13,16H,6,8-10,12H2,(H,22,26). The van der Waals surface area contributed by atoms with Crippen LogP contribution < -0.4 is 19.7 Å². The van der Waals surface area contributed by atoms with Gasteiger partial charge in [-0.25, -0.2) is 4.98 Å². The van der Waals surface area contributed by atoms with Crippen molar-refractivity contribution < 1.29 is 19.1 Å². The number of imidazole rings is 1. The van der Waals surface area contributed by atoms with Crippen LogP contribution >= 0.6 is 0 Å². The minimum absolute atomic E-state index is 0.200. The van der Waals surface area contributed by atoms with Gasteiger partial charge in [-0.05, 0) is 30.7 Å². The first kappa shape index (κ1) is 17.5. The molecule has 0 bridgehead atoms. The summed E-state index contributed by atoms with van der Waals surface area (Å²) in [5, 5.41) is 2.85. The average molecular weight is 392 g/mol. The first-order valence-corrected chi connectivity index (χ1v) is 9.60. The molecule has 1 unspecified atom stereocenters. The molecule has 0 aliphatic carbocycles. The monoisotopic (exact) mass is 392 g/mol. The lowest BCUT2D eigenvalue weighted by atomic mass is 10.1. The molecule has 2 aliphatic rings. The summed E-state index contributed by atoms with van der Waals surface area (Å²) in [7, 11) is 0. The Kier molecular flexibility index (Phi) is 4.31. The van der Waals surface area contributed by atoms with Crippen molar-refractivity contribution in [3.63, 3.8) is 0 Å². The van der Waals surface area contributed by atoms with Crippen molar-refractivity contribution in [3.05, 3.63) is 54.5 Å². The molecule has 2 aromatic heterocycles. The van der Waals surface area contributed by atoms with Crippen molar-refractivity contribution in [2.75, 3.05) is 24.7 Å². The molecular weight excluding hydrogens is 372 g/mol.